The van der Waals surface area contributed by atoms with Gasteiger partial charge in [-0.1, -0.05) is 26.7 Å². The predicted molar refractivity (Wildman–Crippen MR) is 82.4 cm³/mol. The average molecular weight is 270 g/mol. The molecule has 3 unspecified atom stereocenters. The summed E-state index contributed by atoms with van der Waals surface area (Å²) in [5.41, 5.74) is 0. The summed E-state index contributed by atoms with van der Waals surface area (Å²) in [6.45, 7) is 9.78. The Bertz CT molecular complexity index is 235. The van der Waals surface area contributed by atoms with Crippen LogP contribution < -0.4 is 5.32 Å². The van der Waals surface area contributed by atoms with Crippen molar-refractivity contribution in [3.63, 3.8) is 0 Å². The van der Waals surface area contributed by atoms with Crippen LogP contribution in [0.5, 0.6) is 0 Å². The van der Waals surface area contributed by atoms with Crippen LogP contribution in [0.3, 0.4) is 0 Å². The number of nitrogens with zero attached hydrogens (tertiary/aromatic N) is 1. The fourth-order valence-electron chi connectivity index (χ4n) is 3.26. The lowest BCUT2D eigenvalue weighted by Gasteiger charge is -2.34. The average Bonchev–Trinajstić information content (AvgIpc) is 2.41. The highest BCUT2D eigenvalue weighted by molar-refractivity contribution is 8.00. The molecule has 3 atom stereocenters. The van der Waals surface area contributed by atoms with Crippen molar-refractivity contribution in [1.82, 2.24) is 10.2 Å². The van der Waals surface area contributed by atoms with Crippen LogP contribution in [0.4, 0.5) is 0 Å². The van der Waals surface area contributed by atoms with E-state index in [4.69, 9.17) is 0 Å². The van der Waals surface area contributed by atoms with Gasteiger partial charge in [0.05, 0.1) is 0 Å². The quantitative estimate of drug-likeness (QED) is 0.827. The van der Waals surface area contributed by atoms with E-state index in [0.717, 1.165) is 17.2 Å². The molecule has 1 aliphatic heterocycles. The van der Waals surface area contributed by atoms with E-state index in [9.17, 15) is 0 Å². The number of rotatable bonds is 5. The summed E-state index contributed by atoms with van der Waals surface area (Å²) in [5.74, 6) is 2.22. The highest BCUT2D eigenvalue weighted by Gasteiger charge is 2.22. The Labute approximate surface area is 117 Å². The molecule has 106 valence electrons. The van der Waals surface area contributed by atoms with Gasteiger partial charge in [0.25, 0.3) is 0 Å². The van der Waals surface area contributed by atoms with Crippen molar-refractivity contribution in [2.45, 2.75) is 57.2 Å². The van der Waals surface area contributed by atoms with Gasteiger partial charge < -0.3 is 10.2 Å². The second-order valence-electron chi connectivity index (χ2n) is 6.02. The second kappa shape index (κ2) is 7.76. The Morgan fingerprint density at radius 1 is 1.28 bits per heavy atom. The maximum Gasteiger partial charge on any atom is 0.0172 e. The van der Waals surface area contributed by atoms with E-state index in [-0.39, 0.29) is 0 Å². The summed E-state index contributed by atoms with van der Waals surface area (Å²) in [7, 11) is 0. The van der Waals surface area contributed by atoms with Gasteiger partial charge in [0.1, 0.15) is 0 Å². The Balaban J connectivity index is 1.62. The first-order valence-corrected chi connectivity index (χ1v) is 8.91. The van der Waals surface area contributed by atoms with E-state index < -0.39 is 0 Å². The van der Waals surface area contributed by atoms with Gasteiger partial charge in [-0.25, -0.2) is 0 Å². The fourth-order valence-corrected chi connectivity index (χ4v) is 4.51. The minimum absolute atomic E-state index is 0.792. The van der Waals surface area contributed by atoms with Crippen LogP contribution in [0.2, 0.25) is 0 Å². The van der Waals surface area contributed by atoms with Crippen LogP contribution in [0.15, 0.2) is 0 Å². The summed E-state index contributed by atoms with van der Waals surface area (Å²) in [6, 6.07) is 0.792. The molecule has 1 N–H and O–H groups in total. The van der Waals surface area contributed by atoms with E-state index in [1.165, 1.54) is 64.0 Å². The van der Waals surface area contributed by atoms with Gasteiger partial charge in [-0.15, -0.1) is 0 Å². The van der Waals surface area contributed by atoms with Crippen LogP contribution in [-0.2, 0) is 0 Å². The zero-order chi connectivity index (χ0) is 12.8. The molecule has 3 heteroatoms. The Hall–Kier alpha value is 0.270. The monoisotopic (exact) mass is 270 g/mol. The highest BCUT2D eigenvalue weighted by atomic mass is 32.2. The van der Waals surface area contributed by atoms with Gasteiger partial charge in [0, 0.05) is 43.2 Å². The van der Waals surface area contributed by atoms with Crippen molar-refractivity contribution in [2.75, 3.05) is 31.9 Å². The lowest BCUT2D eigenvalue weighted by Crippen LogP contribution is -2.45. The highest BCUT2D eigenvalue weighted by Crippen LogP contribution is 2.24. The number of thioether (sulfide) groups is 1. The summed E-state index contributed by atoms with van der Waals surface area (Å²) in [5, 5.41) is 4.68. The number of nitrogens with one attached hydrogen (secondary N) is 1. The van der Waals surface area contributed by atoms with Crippen molar-refractivity contribution in [3.05, 3.63) is 0 Å². The first-order valence-electron chi connectivity index (χ1n) is 7.87. The molecule has 1 saturated carbocycles. The molecule has 0 bridgehead atoms. The summed E-state index contributed by atoms with van der Waals surface area (Å²) in [4.78, 5) is 2.66. The summed E-state index contributed by atoms with van der Waals surface area (Å²) < 4.78 is 0. The molecule has 1 saturated heterocycles. The van der Waals surface area contributed by atoms with Gasteiger partial charge >= 0.3 is 0 Å². The van der Waals surface area contributed by atoms with E-state index in [0.29, 0.717) is 0 Å². The van der Waals surface area contributed by atoms with Gasteiger partial charge in [-0.3, -0.25) is 0 Å². The summed E-state index contributed by atoms with van der Waals surface area (Å²) >= 11 is 2.17. The zero-order valence-electron chi connectivity index (χ0n) is 12.2. The third-order valence-corrected chi connectivity index (χ3v) is 6.00. The smallest absolute Gasteiger partial charge is 0.0172 e. The maximum atomic E-state index is 3.80. The van der Waals surface area contributed by atoms with Gasteiger partial charge in [0.15, 0.2) is 0 Å². The minimum Gasteiger partial charge on any atom is -0.312 e. The molecule has 0 spiro atoms. The van der Waals surface area contributed by atoms with Gasteiger partial charge in [0.2, 0.25) is 0 Å². The summed E-state index contributed by atoms with van der Waals surface area (Å²) in [6.07, 6.45) is 7.03. The third kappa shape index (κ3) is 4.43. The molecule has 0 aromatic heterocycles. The Morgan fingerprint density at radius 3 is 2.89 bits per heavy atom. The first kappa shape index (κ1) is 14.7. The molecule has 2 fully saturated rings. The van der Waals surface area contributed by atoms with Crippen molar-refractivity contribution in [3.8, 4) is 0 Å². The molecule has 1 heterocycles. The van der Waals surface area contributed by atoms with Crippen LogP contribution >= 0.6 is 11.8 Å². The molecule has 0 aromatic rings. The van der Waals surface area contributed by atoms with Gasteiger partial charge in [-0.05, 0) is 25.2 Å². The fraction of sp³-hybridized carbons (Fsp3) is 1.00. The normalized spacial score (nSPS) is 34.7. The minimum atomic E-state index is 0.792. The van der Waals surface area contributed by atoms with E-state index in [1.54, 1.807) is 0 Å². The van der Waals surface area contributed by atoms with Crippen molar-refractivity contribution in [1.29, 1.82) is 0 Å². The Kier molecular flexibility index (Phi) is 6.33. The maximum absolute atomic E-state index is 3.80. The van der Waals surface area contributed by atoms with E-state index in [2.05, 4.69) is 35.8 Å². The number of hydrogen-bond donors (Lipinski definition) is 1. The zero-order valence-corrected chi connectivity index (χ0v) is 13.0. The van der Waals surface area contributed by atoms with Crippen molar-refractivity contribution in [2.24, 2.45) is 5.92 Å². The molecule has 2 nitrogen and oxygen atoms in total. The second-order valence-corrected chi connectivity index (χ2v) is 7.43. The molecule has 1 aliphatic carbocycles. The third-order valence-electron chi connectivity index (χ3n) is 4.62. The molecular weight excluding hydrogens is 240 g/mol. The van der Waals surface area contributed by atoms with Crippen LogP contribution in [0.1, 0.15) is 46.0 Å². The molecule has 18 heavy (non-hydrogen) atoms. The van der Waals surface area contributed by atoms with Crippen LogP contribution in [0.25, 0.3) is 0 Å². The van der Waals surface area contributed by atoms with Crippen molar-refractivity contribution < 1.29 is 0 Å². The topological polar surface area (TPSA) is 15.3 Å². The molecule has 2 aliphatic rings. The van der Waals surface area contributed by atoms with Gasteiger partial charge in [-0.2, -0.15) is 11.8 Å². The largest absolute Gasteiger partial charge is 0.312 e. The SMILES string of the molecule is CCC1CN(CCNC2CCCCC2C)CCS1. The standard InChI is InChI=1S/C15H30N2S/c1-3-14-12-17(10-11-18-14)9-8-16-15-7-5-4-6-13(15)2/h13-16H,3-12H2,1-2H3. The molecule has 2 rings (SSSR count). The molecule has 0 amide bonds. The molecular formula is C15H30N2S. The van der Waals surface area contributed by atoms with E-state index >= 15 is 0 Å². The predicted octanol–water partition coefficient (Wildman–Crippen LogP) is 2.98. The Morgan fingerprint density at radius 2 is 2.11 bits per heavy atom. The lowest BCUT2D eigenvalue weighted by molar-refractivity contribution is 0.244. The van der Waals surface area contributed by atoms with Crippen molar-refractivity contribution >= 4 is 11.8 Å². The number of hydrogen-bond acceptors (Lipinski definition) is 3. The molecule has 0 radical (unpaired) electrons. The van der Waals surface area contributed by atoms with E-state index in [1.807, 2.05) is 0 Å². The first-order chi connectivity index (χ1) is 8.79. The molecule has 0 aromatic carbocycles. The van der Waals surface area contributed by atoms with Crippen LogP contribution in [-0.4, -0.2) is 48.1 Å². The lowest BCUT2D eigenvalue weighted by atomic mass is 9.86. The van der Waals surface area contributed by atoms with Crippen LogP contribution in [0, 0.1) is 5.92 Å².